The van der Waals surface area contributed by atoms with Crippen LogP contribution in [0.5, 0.6) is 0 Å². The molecular weight excluding hydrogens is 413 g/mol. The molecule has 3 N–H and O–H groups in total. The molecule has 12 heteroatoms. The van der Waals surface area contributed by atoms with E-state index in [-0.39, 0.29) is 0 Å². The number of anilines is 3. The highest BCUT2D eigenvalue weighted by atomic mass is 19.4. The molecule has 2 fully saturated rings. The second-order valence-corrected chi connectivity index (χ2v) is 7.94. The van der Waals surface area contributed by atoms with Crippen LogP contribution in [0.4, 0.5) is 30.8 Å². The van der Waals surface area contributed by atoms with Gasteiger partial charge in [-0.3, -0.25) is 9.89 Å². The van der Waals surface area contributed by atoms with Crippen LogP contribution in [-0.4, -0.2) is 56.0 Å². The second-order valence-electron chi connectivity index (χ2n) is 7.94. The molecule has 1 aliphatic heterocycles. The fraction of sp³-hybridized carbons (Fsp3) is 0.474. The molecule has 1 amide bonds. The van der Waals surface area contributed by atoms with Crippen LogP contribution in [0.15, 0.2) is 24.4 Å². The van der Waals surface area contributed by atoms with E-state index in [1.807, 2.05) is 29.3 Å². The fourth-order valence-corrected chi connectivity index (χ4v) is 3.76. The van der Waals surface area contributed by atoms with Gasteiger partial charge < -0.3 is 15.5 Å². The zero-order chi connectivity index (χ0) is 21.6. The Bertz CT molecular complexity index is 1100. The Kier molecular flexibility index (Phi) is 4.71. The molecule has 0 spiro atoms. The van der Waals surface area contributed by atoms with Crippen LogP contribution < -0.4 is 15.5 Å². The SMILES string of the molecule is O=C(NC1CCN(c2nc(Nc3cc(C4CC4)n[nH]3)c3cccn3n2)CC1)C(F)(F)F. The van der Waals surface area contributed by atoms with Crippen LogP contribution in [0.1, 0.15) is 37.3 Å². The van der Waals surface area contributed by atoms with Gasteiger partial charge in [0, 0.05) is 37.3 Å². The van der Waals surface area contributed by atoms with Gasteiger partial charge in [-0.25, -0.2) is 4.52 Å². The molecule has 3 aromatic heterocycles. The highest BCUT2D eigenvalue weighted by molar-refractivity contribution is 5.82. The van der Waals surface area contributed by atoms with E-state index in [0.29, 0.717) is 43.6 Å². The number of piperidine rings is 1. The van der Waals surface area contributed by atoms with Gasteiger partial charge in [0.25, 0.3) is 0 Å². The third kappa shape index (κ3) is 4.14. The predicted molar refractivity (Wildman–Crippen MR) is 106 cm³/mol. The summed E-state index contributed by atoms with van der Waals surface area (Å²) in [5, 5.41) is 17.2. The number of alkyl halides is 3. The normalized spacial score (nSPS) is 17.8. The van der Waals surface area contributed by atoms with E-state index >= 15 is 0 Å². The molecular formula is C19H21F3N8O. The third-order valence-corrected chi connectivity index (χ3v) is 5.60. The first-order valence-corrected chi connectivity index (χ1v) is 10.2. The number of halogens is 3. The molecule has 9 nitrogen and oxygen atoms in total. The number of aromatic amines is 1. The number of nitrogens with one attached hydrogen (secondary N) is 3. The topological polar surface area (TPSA) is 103 Å². The quantitative estimate of drug-likeness (QED) is 0.571. The summed E-state index contributed by atoms with van der Waals surface area (Å²) in [4.78, 5) is 17.7. The van der Waals surface area contributed by atoms with Crippen molar-refractivity contribution < 1.29 is 18.0 Å². The summed E-state index contributed by atoms with van der Waals surface area (Å²) in [5.74, 6) is 0.443. The van der Waals surface area contributed by atoms with Crippen LogP contribution >= 0.6 is 0 Å². The van der Waals surface area contributed by atoms with Gasteiger partial charge in [0.1, 0.15) is 11.3 Å². The number of amides is 1. The van der Waals surface area contributed by atoms with Crippen molar-refractivity contribution >= 4 is 29.0 Å². The summed E-state index contributed by atoms with van der Waals surface area (Å²) < 4.78 is 39.1. The monoisotopic (exact) mass is 434 g/mol. The number of carbonyl (C=O) groups excluding carboxylic acids is 1. The number of nitrogens with zero attached hydrogens (tertiary/aromatic N) is 5. The molecule has 0 aromatic carbocycles. The number of aromatic nitrogens is 5. The zero-order valence-electron chi connectivity index (χ0n) is 16.5. The summed E-state index contributed by atoms with van der Waals surface area (Å²) in [6.07, 6.45) is 0.0113. The maximum atomic E-state index is 12.5. The summed E-state index contributed by atoms with van der Waals surface area (Å²) in [6.45, 7) is 0.871. The summed E-state index contributed by atoms with van der Waals surface area (Å²) in [7, 11) is 0. The van der Waals surface area contributed by atoms with Gasteiger partial charge in [0.15, 0.2) is 5.82 Å². The summed E-state index contributed by atoms with van der Waals surface area (Å²) >= 11 is 0. The van der Waals surface area contributed by atoms with E-state index in [9.17, 15) is 18.0 Å². The lowest BCUT2D eigenvalue weighted by Gasteiger charge is -2.32. The molecule has 5 rings (SSSR count). The van der Waals surface area contributed by atoms with Gasteiger partial charge in [0.2, 0.25) is 5.95 Å². The van der Waals surface area contributed by atoms with E-state index in [2.05, 4.69) is 30.9 Å². The lowest BCUT2D eigenvalue weighted by molar-refractivity contribution is -0.174. The van der Waals surface area contributed by atoms with E-state index in [4.69, 9.17) is 0 Å². The van der Waals surface area contributed by atoms with Crippen molar-refractivity contribution in [2.75, 3.05) is 23.3 Å². The molecule has 0 atom stereocenters. The molecule has 1 aliphatic carbocycles. The van der Waals surface area contributed by atoms with E-state index in [1.165, 1.54) is 0 Å². The third-order valence-electron chi connectivity index (χ3n) is 5.60. The van der Waals surface area contributed by atoms with Crippen molar-refractivity contribution in [1.82, 2.24) is 30.1 Å². The van der Waals surface area contributed by atoms with Crippen molar-refractivity contribution in [3.05, 3.63) is 30.1 Å². The van der Waals surface area contributed by atoms with Crippen LogP contribution in [0, 0.1) is 0 Å². The zero-order valence-corrected chi connectivity index (χ0v) is 16.5. The van der Waals surface area contributed by atoms with Crippen molar-refractivity contribution in [1.29, 1.82) is 0 Å². The Balaban J connectivity index is 1.31. The Morgan fingerprint density at radius 1 is 1.19 bits per heavy atom. The fourth-order valence-electron chi connectivity index (χ4n) is 3.76. The summed E-state index contributed by atoms with van der Waals surface area (Å²) in [5.41, 5.74) is 1.82. The molecule has 0 bridgehead atoms. The molecule has 1 saturated heterocycles. The number of rotatable bonds is 5. The second kappa shape index (κ2) is 7.43. The molecule has 0 radical (unpaired) electrons. The minimum absolute atomic E-state index is 0.378. The minimum Gasteiger partial charge on any atom is -0.345 e. The first-order chi connectivity index (χ1) is 14.9. The maximum absolute atomic E-state index is 12.5. The number of hydrogen-bond donors (Lipinski definition) is 3. The average molecular weight is 434 g/mol. The highest BCUT2D eigenvalue weighted by Gasteiger charge is 2.40. The van der Waals surface area contributed by atoms with E-state index in [1.54, 1.807) is 4.52 Å². The van der Waals surface area contributed by atoms with Crippen molar-refractivity contribution in [2.24, 2.45) is 0 Å². The predicted octanol–water partition coefficient (Wildman–Crippen LogP) is 2.72. The molecule has 3 aromatic rings. The van der Waals surface area contributed by atoms with Gasteiger partial charge in [0.05, 0.1) is 5.69 Å². The number of H-pyrrole nitrogens is 1. The van der Waals surface area contributed by atoms with Gasteiger partial charge in [-0.05, 0) is 37.8 Å². The Labute approximate surface area is 175 Å². The van der Waals surface area contributed by atoms with Gasteiger partial charge in [-0.15, -0.1) is 5.10 Å². The molecule has 31 heavy (non-hydrogen) atoms. The van der Waals surface area contributed by atoms with Gasteiger partial charge in [-0.2, -0.15) is 23.3 Å². The van der Waals surface area contributed by atoms with E-state index < -0.39 is 18.1 Å². The first-order valence-electron chi connectivity index (χ1n) is 10.2. The van der Waals surface area contributed by atoms with E-state index in [0.717, 1.165) is 29.9 Å². The molecule has 2 aliphatic rings. The standard InChI is InChI=1S/C19H21F3N8O/c20-19(21,22)17(31)23-12-5-8-29(9-6-12)18-25-16(14-2-1-7-30(14)28-18)24-15-10-13(26-27-15)11-3-4-11/h1-2,7,10-12H,3-6,8-9H2,(H,23,31)(H2,24,25,26,27,28). The van der Waals surface area contributed by atoms with Crippen LogP contribution in [0.2, 0.25) is 0 Å². The smallest absolute Gasteiger partial charge is 0.345 e. The van der Waals surface area contributed by atoms with Gasteiger partial charge in [-0.1, -0.05) is 0 Å². The van der Waals surface area contributed by atoms with Crippen molar-refractivity contribution in [3.63, 3.8) is 0 Å². The van der Waals surface area contributed by atoms with Gasteiger partial charge >= 0.3 is 12.1 Å². The Morgan fingerprint density at radius 3 is 2.68 bits per heavy atom. The highest BCUT2D eigenvalue weighted by Crippen LogP contribution is 2.39. The Morgan fingerprint density at radius 2 is 1.97 bits per heavy atom. The molecule has 1 saturated carbocycles. The van der Waals surface area contributed by atoms with Crippen molar-refractivity contribution in [3.8, 4) is 0 Å². The van der Waals surface area contributed by atoms with Crippen LogP contribution in [0.25, 0.3) is 5.52 Å². The maximum Gasteiger partial charge on any atom is 0.471 e. The Hall–Kier alpha value is -3.31. The lowest BCUT2D eigenvalue weighted by atomic mass is 10.1. The lowest BCUT2D eigenvalue weighted by Crippen LogP contribution is -2.48. The number of carbonyl (C=O) groups is 1. The molecule has 4 heterocycles. The summed E-state index contributed by atoms with van der Waals surface area (Å²) in [6, 6.07) is 5.21. The number of fused-ring (bicyclic) bond motifs is 1. The van der Waals surface area contributed by atoms with Crippen LogP contribution in [-0.2, 0) is 4.79 Å². The number of hydrogen-bond acceptors (Lipinski definition) is 6. The first kappa shape index (κ1) is 19.6. The van der Waals surface area contributed by atoms with Crippen molar-refractivity contribution in [2.45, 2.75) is 43.8 Å². The van der Waals surface area contributed by atoms with Crippen LogP contribution in [0.3, 0.4) is 0 Å². The average Bonchev–Trinajstić information content (AvgIpc) is 3.28. The minimum atomic E-state index is -4.87. The molecule has 0 unspecified atom stereocenters. The largest absolute Gasteiger partial charge is 0.471 e. The molecule has 164 valence electrons.